The number of halogens is 3. The molecule has 7 nitrogen and oxygen atoms in total. The van der Waals surface area contributed by atoms with Crippen LogP contribution in [0, 0.1) is 0 Å². The first kappa shape index (κ1) is 29.9. The number of carbonyl (C=O) groups excluding carboxylic acids is 1. The van der Waals surface area contributed by atoms with Crippen molar-refractivity contribution in [2.75, 3.05) is 39.3 Å². The summed E-state index contributed by atoms with van der Waals surface area (Å²) in [6, 6.07) is 4.81. The van der Waals surface area contributed by atoms with E-state index in [0.717, 1.165) is 38.1 Å². The second-order valence-electron chi connectivity index (χ2n) is 10.7. The summed E-state index contributed by atoms with van der Waals surface area (Å²) in [5.41, 5.74) is 7.02. The van der Waals surface area contributed by atoms with Gasteiger partial charge in [0.1, 0.15) is 0 Å². The van der Waals surface area contributed by atoms with Crippen molar-refractivity contribution in [2.24, 2.45) is 10.7 Å². The number of rotatable bonds is 7. The number of carbonyl (C=O) groups is 1. The van der Waals surface area contributed by atoms with Gasteiger partial charge >= 0.3 is 6.18 Å². The van der Waals surface area contributed by atoms with Gasteiger partial charge in [0.25, 0.3) is 5.91 Å². The maximum atomic E-state index is 13.2. The lowest BCUT2D eigenvalue weighted by Crippen LogP contribution is -2.62. The zero-order valence-corrected chi connectivity index (χ0v) is 22.8. The first-order valence-corrected chi connectivity index (χ1v) is 13.0. The molecule has 2 fully saturated rings. The Kier molecular flexibility index (Phi) is 9.43. The Bertz CT molecular complexity index is 1060. The molecule has 3 N–H and O–H groups in total. The van der Waals surface area contributed by atoms with Gasteiger partial charge in [-0.3, -0.25) is 14.6 Å². The molecule has 1 aromatic carbocycles. The van der Waals surface area contributed by atoms with Gasteiger partial charge in [0, 0.05) is 44.3 Å². The second kappa shape index (κ2) is 12.0. The number of aliphatic imine (C=N–C) groups is 1. The number of hydrogen-bond donors (Lipinski definition) is 2. The minimum absolute atomic E-state index is 0.0804. The molecule has 2 saturated heterocycles. The fourth-order valence-corrected chi connectivity index (χ4v) is 5.71. The molecule has 2 heterocycles. The third kappa shape index (κ3) is 6.47. The number of aliphatic hydroxyl groups is 1. The van der Waals surface area contributed by atoms with Crippen LogP contribution in [0.1, 0.15) is 57.7 Å². The molecule has 210 valence electrons. The number of piperidine rings is 1. The molecule has 0 bridgehead atoms. The van der Waals surface area contributed by atoms with Crippen molar-refractivity contribution in [3.8, 4) is 0 Å². The van der Waals surface area contributed by atoms with E-state index < -0.39 is 11.7 Å². The van der Waals surface area contributed by atoms with Crippen LogP contribution in [0.5, 0.6) is 0 Å². The summed E-state index contributed by atoms with van der Waals surface area (Å²) < 4.78 is 38.9. The van der Waals surface area contributed by atoms with E-state index >= 15 is 0 Å². The Morgan fingerprint density at radius 3 is 2.29 bits per heavy atom. The number of nitrogens with zero attached hydrogens (tertiary/aromatic N) is 4. The number of aliphatic hydroxyl groups excluding tert-OH is 1. The highest BCUT2D eigenvalue weighted by atomic mass is 19.4. The van der Waals surface area contributed by atoms with Crippen LogP contribution < -0.4 is 5.73 Å². The summed E-state index contributed by atoms with van der Waals surface area (Å²) in [5.74, 6) is -0.0804. The predicted molar refractivity (Wildman–Crippen MR) is 143 cm³/mol. The fraction of sp³-hybridized carbons (Fsp3) is 0.571. The smallest absolute Gasteiger partial charge is 0.394 e. The molecule has 2 aliphatic rings. The van der Waals surface area contributed by atoms with E-state index in [1.165, 1.54) is 18.5 Å². The van der Waals surface area contributed by atoms with Gasteiger partial charge in [-0.15, -0.1) is 0 Å². The summed E-state index contributed by atoms with van der Waals surface area (Å²) in [7, 11) is 0. The van der Waals surface area contributed by atoms with Gasteiger partial charge in [0.05, 0.1) is 35.8 Å². The van der Waals surface area contributed by atoms with Gasteiger partial charge < -0.3 is 15.7 Å². The molecule has 0 aliphatic carbocycles. The van der Waals surface area contributed by atoms with Crippen LogP contribution in [0.25, 0.3) is 0 Å². The quantitative estimate of drug-likeness (QED) is 0.239. The second-order valence-corrected chi connectivity index (χ2v) is 10.7. The number of hydrogen-bond acceptors (Lipinski definition) is 5. The first-order valence-electron chi connectivity index (χ1n) is 13.0. The average molecular weight is 536 g/mol. The van der Waals surface area contributed by atoms with Gasteiger partial charge in [-0.25, -0.2) is 4.99 Å². The van der Waals surface area contributed by atoms with Crippen molar-refractivity contribution < 1.29 is 23.1 Å². The van der Waals surface area contributed by atoms with Crippen molar-refractivity contribution >= 4 is 12.2 Å². The Morgan fingerprint density at radius 1 is 1.21 bits per heavy atom. The molecule has 10 heteroatoms. The van der Waals surface area contributed by atoms with Gasteiger partial charge in [-0.1, -0.05) is 18.7 Å². The molecule has 0 aromatic heterocycles. The van der Waals surface area contributed by atoms with E-state index in [4.69, 9.17) is 5.73 Å². The minimum Gasteiger partial charge on any atom is -0.394 e. The van der Waals surface area contributed by atoms with Gasteiger partial charge in [-0.2, -0.15) is 13.2 Å². The van der Waals surface area contributed by atoms with Crippen LogP contribution in [0.2, 0.25) is 0 Å². The number of nitrogens with two attached hydrogens (primary N) is 1. The molecule has 0 radical (unpaired) electrons. The van der Waals surface area contributed by atoms with Crippen LogP contribution in [-0.4, -0.2) is 83.0 Å². The largest absolute Gasteiger partial charge is 0.416 e. The molecule has 1 aromatic rings. The van der Waals surface area contributed by atoms with Crippen molar-refractivity contribution in [1.29, 1.82) is 0 Å². The zero-order chi connectivity index (χ0) is 28.3. The maximum Gasteiger partial charge on any atom is 0.416 e. The van der Waals surface area contributed by atoms with Gasteiger partial charge in [0.15, 0.2) is 0 Å². The number of amides is 1. The molecule has 38 heavy (non-hydrogen) atoms. The van der Waals surface area contributed by atoms with Crippen LogP contribution in [-0.2, 0) is 11.0 Å². The van der Waals surface area contributed by atoms with Crippen molar-refractivity contribution in [1.82, 2.24) is 14.7 Å². The fourth-order valence-electron chi connectivity index (χ4n) is 5.71. The Hall–Kier alpha value is -2.69. The van der Waals surface area contributed by atoms with E-state index in [1.807, 2.05) is 4.90 Å². The highest BCUT2D eigenvalue weighted by Crippen LogP contribution is 2.35. The number of benzene rings is 1. The number of alkyl halides is 3. The lowest BCUT2D eigenvalue weighted by molar-refractivity contribution is -0.137. The van der Waals surface area contributed by atoms with Gasteiger partial charge in [-0.05, 0) is 63.8 Å². The average Bonchev–Trinajstić information content (AvgIpc) is 2.85. The molecule has 3 rings (SSSR count). The predicted octanol–water partition coefficient (Wildman–Crippen LogP) is 3.96. The summed E-state index contributed by atoms with van der Waals surface area (Å²) in [6.45, 7) is 15.1. The standard InChI is InChI=1S/C28H40F3N5O2/c1-19(2)25(21(4)33-18-32)26(38)34-12-10-27(5,11-13-34)35-14-15-36(20(3)16-35)24(17-37)22-6-8-23(9-7-22)28(29,30)31/h6-9,18,20,24,37H,1,10-17H2,2-5H3,(H2,32,33)/b25-21+/t20-,24-/m0/s1. The van der Waals surface area contributed by atoms with Crippen molar-refractivity contribution in [2.45, 2.75) is 64.3 Å². The lowest BCUT2D eigenvalue weighted by atomic mass is 9.85. The Balaban J connectivity index is 1.65. The van der Waals surface area contributed by atoms with E-state index in [9.17, 15) is 23.1 Å². The van der Waals surface area contributed by atoms with E-state index in [-0.39, 0.29) is 30.1 Å². The van der Waals surface area contributed by atoms with Crippen molar-refractivity contribution in [3.05, 3.63) is 58.8 Å². The molecule has 0 saturated carbocycles. The van der Waals surface area contributed by atoms with Crippen molar-refractivity contribution in [3.63, 3.8) is 0 Å². The number of allylic oxidation sites excluding steroid dienone is 1. The van der Waals surface area contributed by atoms with Crippen LogP contribution in [0.4, 0.5) is 13.2 Å². The lowest BCUT2D eigenvalue weighted by Gasteiger charge is -2.52. The Labute approximate surface area is 223 Å². The van der Waals surface area contributed by atoms with Gasteiger partial charge in [0.2, 0.25) is 0 Å². The summed E-state index contributed by atoms with van der Waals surface area (Å²) in [6.07, 6.45) is -1.58. The van der Waals surface area contributed by atoms with Crippen LogP contribution in [0.3, 0.4) is 0 Å². The molecule has 0 spiro atoms. The summed E-state index contributed by atoms with van der Waals surface area (Å²) in [4.78, 5) is 23.8. The third-order valence-corrected chi connectivity index (χ3v) is 8.04. The Morgan fingerprint density at radius 2 is 1.82 bits per heavy atom. The molecule has 2 atom stereocenters. The zero-order valence-electron chi connectivity index (χ0n) is 22.8. The highest BCUT2D eigenvalue weighted by Gasteiger charge is 2.41. The monoisotopic (exact) mass is 535 g/mol. The van der Waals surface area contributed by atoms with E-state index in [2.05, 4.69) is 35.2 Å². The number of likely N-dealkylation sites (tertiary alicyclic amines) is 1. The summed E-state index contributed by atoms with van der Waals surface area (Å²) >= 11 is 0. The topological polar surface area (TPSA) is 85.4 Å². The molecule has 2 aliphatic heterocycles. The molecule has 0 unspecified atom stereocenters. The van der Waals surface area contributed by atoms with Crippen LogP contribution in [0.15, 0.2) is 52.7 Å². The molecular formula is C28H40F3N5O2. The van der Waals surface area contributed by atoms with E-state index in [0.29, 0.717) is 42.0 Å². The van der Waals surface area contributed by atoms with Crippen LogP contribution >= 0.6 is 0 Å². The third-order valence-electron chi connectivity index (χ3n) is 8.04. The molecular weight excluding hydrogens is 495 g/mol. The van der Waals surface area contributed by atoms with E-state index in [1.54, 1.807) is 13.8 Å². The SMILES string of the molecule is C=C(C)/C(C(=O)N1CCC(C)(N2CCN([C@@H](CO)c3ccc(C(F)(F)F)cc3)[C@@H](C)C2)CC1)=C(/C)N=CN. The minimum atomic E-state index is -4.39. The normalized spacial score (nSPS) is 22.8. The number of piperazine rings is 1. The maximum absolute atomic E-state index is 13.2. The summed E-state index contributed by atoms with van der Waals surface area (Å²) in [5, 5.41) is 10.1. The first-order chi connectivity index (χ1) is 17.8. The molecule has 1 amide bonds. The highest BCUT2D eigenvalue weighted by molar-refractivity contribution is 5.98.